The molecular formula is C32H45NO. The van der Waals surface area contributed by atoms with Gasteiger partial charge in [-0.3, -0.25) is 4.99 Å². The van der Waals surface area contributed by atoms with Crippen molar-refractivity contribution in [1.29, 1.82) is 0 Å². The predicted octanol–water partition coefficient (Wildman–Crippen LogP) is 8.70. The highest BCUT2D eigenvalue weighted by Crippen LogP contribution is 2.40. The molecule has 4 rings (SSSR count). The lowest BCUT2D eigenvalue weighted by atomic mass is 9.78. The molecule has 0 aromatic rings. The maximum atomic E-state index is 6.58. The van der Waals surface area contributed by atoms with Crippen LogP contribution in [0.5, 0.6) is 0 Å². The highest BCUT2D eigenvalue weighted by Gasteiger charge is 2.31. The van der Waals surface area contributed by atoms with Gasteiger partial charge in [-0.1, -0.05) is 64.5 Å². The molecule has 4 atom stereocenters. The van der Waals surface area contributed by atoms with Crippen LogP contribution < -0.4 is 0 Å². The molecule has 1 heterocycles. The van der Waals surface area contributed by atoms with Crippen LogP contribution in [0.1, 0.15) is 86.5 Å². The SMILES string of the molecule is CC1=C2C=C(C3=CC(C)CC(C)C3)C=C(OCCC(C)C(C)C)C2N=C(C2=CC=CCCC2)C1. The zero-order chi connectivity index (χ0) is 24.2. The topological polar surface area (TPSA) is 21.6 Å². The second kappa shape index (κ2) is 11.1. The van der Waals surface area contributed by atoms with E-state index in [0.717, 1.165) is 50.4 Å². The van der Waals surface area contributed by atoms with Crippen molar-refractivity contribution in [3.63, 3.8) is 0 Å². The van der Waals surface area contributed by atoms with Gasteiger partial charge in [0.15, 0.2) is 0 Å². The molecule has 1 aliphatic heterocycles. The Balaban J connectivity index is 1.65. The summed E-state index contributed by atoms with van der Waals surface area (Å²) in [7, 11) is 0. The van der Waals surface area contributed by atoms with Crippen LogP contribution in [0.2, 0.25) is 0 Å². The predicted molar refractivity (Wildman–Crippen MR) is 146 cm³/mol. The molecule has 3 aliphatic carbocycles. The van der Waals surface area contributed by atoms with Crippen LogP contribution in [0.3, 0.4) is 0 Å². The van der Waals surface area contributed by atoms with E-state index in [1.54, 1.807) is 0 Å². The van der Waals surface area contributed by atoms with Crippen molar-refractivity contribution in [2.75, 3.05) is 6.61 Å². The Bertz CT molecular complexity index is 980. The molecule has 0 saturated carbocycles. The van der Waals surface area contributed by atoms with Crippen molar-refractivity contribution in [2.45, 2.75) is 92.5 Å². The number of hydrogen-bond acceptors (Lipinski definition) is 2. The molecule has 0 aromatic heterocycles. The lowest BCUT2D eigenvalue weighted by Crippen LogP contribution is -2.26. The number of dihydropyridines is 1. The maximum absolute atomic E-state index is 6.58. The zero-order valence-electron chi connectivity index (χ0n) is 22.4. The van der Waals surface area contributed by atoms with E-state index >= 15 is 0 Å². The zero-order valence-corrected chi connectivity index (χ0v) is 22.4. The Kier molecular flexibility index (Phi) is 8.17. The Morgan fingerprint density at radius 1 is 1.12 bits per heavy atom. The number of hydrogen-bond donors (Lipinski definition) is 0. The normalized spacial score (nSPS) is 28.3. The number of allylic oxidation sites excluding steroid dienone is 9. The first kappa shape index (κ1) is 25.0. The van der Waals surface area contributed by atoms with Gasteiger partial charge >= 0.3 is 0 Å². The summed E-state index contributed by atoms with van der Waals surface area (Å²) in [5, 5.41) is 0. The van der Waals surface area contributed by atoms with Crippen molar-refractivity contribution < 1.29 is 4.74 Å². The Morgan fingerprint density at radius 3 is 2.71 bits per heavy atom. The molecule has 34 heavy (non-hydrogen) atoms. The van der Waals surface area contributed by atoms with E-state index in [1.807, 2.05) is 0 Å². The van der Waals surface area contributed by atoms with Gasteiger partial charge in [-0.25, -0.2) is 0 Å². The number of nitrogens with zero attached hydrogens (tertiary/aromatic N) is 1. The lowest BCUT2D eigenvalue weighted by molar-refractivity contribution is 0.171. The van der Waals surface area contributed by atoms with Crippen LogP contribution in [0.25, 0.3) is 0 Å². The molecule has 0 spiro atoms. The average Bonchev–Trinajstić information content (AvgIpc) is 3.08. The van der Waals surface area contributed by atoms with Gasteiger partial charge in [-0.05, 0) is 104 Å². The van der Waals surface area contributed by atoms with E-state index in [9.17, 15) is 0 Å². The van der Waals surface area contributed by atoms with E-state index < -0.39 is 0 Å². The van der Waals surface area contributed by atoms with Crippen LogP contribution in [-0.4, -0.2) is 18.4 Å². The van der Waals surface area contributed by atoms with Gasteiger partial charge in [0.2, 0.25) is 0 Å². The molecule has 0 saturated heterocycles. The molecule has 4 unspecified atom stereocenters. The van der Waals surface area contributed by atoms with Gasteiger partial charge in [0.25, 0.3) is 0 Å². The van der Waals surface area contributed by atoms with Gasteiger partial charge < -0.3 is 4.74 Å². The van der Waals surface area contributed by atoms with Crippen molar-refractivity contribution in [1.82, 2.24) is 0 Å². The third-order valence-corrected chi connectivity index (χ3v) is 8.18. The fourth-order valence-corrected chi connectivity index (χ4v) is 5.72. The van der Waals surface area contributed by atoms with Crippen LogP contribution in [0.15, 0.2) is 75.1 Å². The number of ether oxygens (including phenoxy) is 1. The molecule has 0 aromatic carbocycles. The number of rotatable bonds is 7. The number of aliphatic imine (C=N–C) groups is 1. The van der Waals surface area contributed by atoms with Crippen LogP contribution in [0.4, 0.5) is 0 Å². The Labute approximate surface area is 208 Å². The summed E-state index contributed by atoms with van der Waals surface area (Å²) in [6, 6.07) is 0.00836. The summed E-state index contributed by atoms with van der Waals surface area (Å²) in [5.74, 6) is 3.77. The summed E-state index contributed by atoms with van der Waals surface area (Å²) in [5.41, 5.74) is 8.33. The third-order valence-electron chi connectivity index (χ3n) is 8.18. The van der Waals surface area contributed by atoms with E-state index in [1.165, 1.54) is 46.4 Å². The van der Waals surface area contributed by atoms with E-state index in [2.05, 4.69) is 78.0 Å². The summed E-state index contributed by atoms with van der Waals surface area (Å²) in [6.45, 7) is 14.8. The van der Waals surface area contributed by atoms with Crippen LogP contribution in [-0.2, 0) is 4.74 Å². The second-order valence-corrected chi connectivity index (χ2v) is 11.6. The van der Waals surface area contributed by atoms with Crippen molar-refractivity contribution in [2.24, 2.45) is 28.7 Å². The molecule has 4 aliphatic rings. The van der Waals surface area contributed by atoms with Crippen molar-refractivity contribution in [3.8, 4) is 0 Å². The first-order valence-electron chi connectivity index (χ1n) is 13.7. The third kappa shape index (κ3) is 5.93. The molecule has 0 N–H and O–H groups in total. The fraction of sp³-hybridized carbons (Fsp3) is 0.594. The van der Waals surface area contributed by atoms with Gasteiger partial charge in [-0.2, -0.15) is 0 Å². The summed E-state index contributed by atoms with van der Waals surface area (Å²) >= 11 is 0. The van der Waals surface area contributed by atoms with Gasteiger partial charge in [0, 0.05) is 12.1 Å². The van der Waals surface area contributed by atoms with Gasteiger partial charge in [0.1, 0.15) is 11.8 Å². The fourth-order valence-electron chi connectivity index (χ4n) is 5.72. The molecule has 2 nitrogen and oxygen atoms in total. The van der Waals surface area contributed by atoms with Crippen molar-refractivity contribution >= 4 is 5.71 Å². The first-order valence-corrected chi connectivity index (χ1v) is 13.7. The van der Waals surface area contributed by atoms with Gasteiger partial charge in [0.05, 0.1) is 6.61 Å². The average molecular weight is 460 g/mol. The highest BCUT2D eigenvalue weighted by atomic mass is 16.5. The number of fused-ring (bicyclic) bond motifs is 1. The standard InChI is InChI=1S/C32H45NO/c1-21(2)24(5)13-14-34-31-20-28(27-16-22(3)15-23(4)17-27)19-29-25(6)18-30(33-32(29)31)26-11-9-7-8-10-12-26/h7,9,11,16,19-24,32H,8,10,12-15,17-18H2,1-6H3. The quantitative estimate of drug-likeness (QED) is 0.373. The monoisotopic (exact) mass is 459 g/mol. The molecule has 0 bridgehead atoms. The summed E-state index contributed by atoms with van der Waals surface area (Å²) < 4.78 is 6.58. The highest BCUT2D eigenvalue weighted by molar-refractivity contribution is 6.03. The van der Waals surface area contributed by atoms with E-state index in [-0.39, 0.29) is 6.04 Å². The molecule has 0 fully saturated rings. The van der Waals surface area contributed by atoms with Crippen LogP contribution >= 0.6 is 0 Å². The minimum Gasteiger partial charge on any atom is -0.495 e. The van der Waals surface area contributed by atoms with Gasteiger partial charge in [-0.15, -0.1) is 0 Å². The smallest absolute Gasteiger partial charge is 0.132 e. The Morgan fingerprint density at radius 2 is 1.94 bits per heavy atom. The Hall–Kier alpha value is -2.09. The molecular weight excluding hydrogens is 414 g/mol. The largest absolute Gasteiger partial charge is 0.495 e. The summed E-state index contributed by atoms with van der Waals surface area (Å²) in [4.78, 5) is 5.34. The molecule has 0 radical (unpaired) electrons. The van der Waals surface area contributed by atoms with E-state index in [0.29, 0.717) is 17.8 Å². The van der Waals surface area contributed by atoms with E-state index in [4.69, 9.17) is 9.73 Å². The summed E-state index contributed by atoms with van der Waals surface area (Å²) in [6.07, 6.45) is 22.0. The van der Waals surface area contributed by atoms with Crippen molar-refractivity contribution in [3.05, 3.63) is 70.1 Å². The first-order chi connectivity index (χ1) is 16.3. The molecule has 184 valence electrons. The molecule has 2 heteroatoms. The second-order valence-electron chi connectivity index (χ2n) is 11.6. The minimum atomic E-state index is 0.00836. The maximum Gasteiger partial charge on any atom is 0.132 e. The van der Waals surface area contributed by atoms with Crippen LogP contribution in [0, 0.1) is 23.7 Å². The lowest BCUT2D eigenvalue weighted by Gasteiger charge is -2.32. The minimum absolute atomic E-state index is 0.00836. The molecule has 0 amide bonds.